The van der Waals surface area contributed by atoms with Crippen LogP contribution in [0.1, 0.15) is 13.8 Å². The summed E-state index contributed by atoms with van der Waals surface area (Å²) in [6.45, 7) is 4.00. The van der Waals surface area contributed by atoms with Crippen LogP contribution in [0, 0.1) is 0 Å². The summed E-state index contributed by atoms with van der Waals surface area (Å²) >= 11 is 0. The van der Waals surface area contributed by atoms with Gasteiger partial charge >= 0.3 is 0 Å². The molecule has 0 radical (unpaired) electrons. The van der Waals surface area contributed by atoms with Crippen molar-refractivity contribution in [3.05, 3.63) is 24.7 Å². The van der Waals surface area contributed by atoms with Crippen LogP contribution in [0.5, 0.6) is 0 Å². The predicted molar refractivity (Wildman–Crippen MR) is 45.2 cm³/mol. The second-order valence-corrected chi connectivity index (χ2v) is 1.78. The minimum atomic E-state index is 0.775. The second kappa shape index (κ2) is 3.71. The Morgan fingerprint density at radius 3 is 2.82 bits per heavy atom. The first-order valence-corrected chi connectivity index (χ1v) is 3.71. The molecule has 2 aromatic rings. The quantitative estimate of drug-likeness (QED) is 0.622. The molecule has 0 bridgehead atoms. The molecule has 1 N–H and O–H groups in total. The Balaban J connectivity index is 0.000000281. The van der Waals surface area contributed by atoms with Crippen LogP contribution >= 0.6 is 0 Å². The number of aromatic amines is 1. The maximum atomic E-state index is 4.00. The number of H-pyrrole nitrogens is 1. The number of imidazole rings is 1. The maximum absolute atomic E-state index is 4.00. The molecule has 2 aromatic heterocycles. The van der Waals surface area contributed by atoms with E-state index in [0.29, 0.717) is 0 Å². The van der Waals surface area contributed by atoms with E-state index in [1.807, 2.05) is 26.0 Å². The zero-order valence-electron chi connectivity index (χ0n) is 6.70. The van der Waals surface area contributed by atoms with Gasteiger partial charge in [-0.05, 0) is 12.1 Å². The van der Waals surface area contributed by atoms with E-state index in [9.17, 15) is 0 Å². The Kier molecular flexibility index (Phi) is 2.60. The Morgan fingerprint density at radius 1 is 1.27 bits per heavy atom. The van der Waals surface area contributed by atoms with Crippen molar-refractivity contribution in [2.24, 2.45) is 0 Å². The fraction of sp³-hybridized carbons (Fsp3) is 0.250. The van der Waals surface area contributed by atoms with Crippen molar-refractivity contribution in [3.63, 3.8) is 0 Å². The lowest BCUT2D eigenvalue weighted by Gasteiger charge is -1.80. The highest BCUT2D eigenvalue weighted by Crippen LogP contribution is 2.01. The van der Waals surface area contributed by atoms with Crippen LogP contribution in [0.25, 0.3) is 11.2 Å². The molecule has 0 fully saturated rings. The summed E-state index contributed by atoms with van der Waals surface area (Å²) in [5.41, 5.74) is 1.76. The summed E-state index contributed by atoms with van der Waals surface area (Å²) in [5, 5.41) is 0. The minimum Gasteiger partial charge on any atom is -0.343 e. The van der Waals surface area contributed by atoms with E-state index in [1.54, 1.807) is 12.5 Å². The summed E-state index contributed by atoms with van der Waals surface area (Å²) < 4.78 is 0. The number of rotatable bonds is 0. The van der Waals surface area contributed by atoms with Gasteiger partial charge in [0.05, 0.1) is 11.8 Å². The van der Waals surface area contributed by atoms with Crippen LogP contribution in [0.2, 0.25) is 0 Å². The molecule has 2 rings (SSSR count). The number of hydrogen-bond acceptors (Lipinski definition) is 2. The van der Waals surface area contributed by atoms with Crippen LogP contribution in [-0.4, -0.2) is 15.0 Å². The third-order valence-corrected chi connectivity index (χ3v) is 1.19. The lowest BCUT2D eigenvalue weighted by Crippen LogP contribution is -1.71. The van der Waals surface area contributed by atoms with Gasteiger partial charge < -0.3 is 4.98 Å². The van der Waals surface area contributed by atoms with Crippen molar-refractivity contribution in [2.75, 3.05) is 0 Å². The first-order chi connectivity index (χ1) is 5.47. The van der Waals surface area contributed by atoms with Gasteiger partial charge in [0.2, 0.25) is 0 Å². The van der Waals surface area contributed by atoms with Crippen molar-refractivity contribution >= 4 is 11.2 Å². The smallest absolute Gasteiger partial charge is 0.177 e. The lowest BCUT2D eigenvalue weighted by molar-refractivity contribution is 1.30. The zero-order chi connectivity index (χ0) is 8.10. The molecule has 11 heavy (non-hydrogen) atoms. The van der Waals surface area contributed by atoms with E-state index < -0.39 is 0 Å². The molecule has 0 atom stereocenters. The standard InChI is InChI=1S/C6H5N3.C2H6/c1-2-5-6(7-3-1)9-4-8-5;1-2/h1-4H,(H,7,8,9);1-2H3. The normalized spacial score (nSPS) is 8.91. The van der Waals surface area contributed by atoms with Gasteiger partial charge in [0.1, 0.15) is 0 Å². The number of pyridine rings is 1. The number of hydrogen-bond donors (Lipinski definition) is 1. The summed E-state index contributed by atoms with van der Waals surface area (Å²) in [6, 6.07) is 3.82. The monoisotopic (exact) mass is 149 g/mol. The van der Waals surface area contributed by atoms with Crippen molar-refractivity contribution in [2.45, 2.75) is 13.8 Å². The largest absolute Gasteiger partial charge is 0.343 e. The average Bonchev–Trinajstić information content (AvgIpc) is 2.55. The van der Waals surface area contributed by atoms with Crippen LogP contribution in [0.4, 0.5) is 0 Å². The number of aromatic nitrogens is 3. The van der Waals surface area contributed by atoms with E-state index in [1.165, 1.54) is 0 Å². The Labute approximate surface area is 65.5 Å². The van der Waals surface area contributed by atoms with E-state index in [-0.39, 0.29) is 0 Å². The topological polar surface area (TPSA) is 41.6 Å². The van der Waals surface area contributed by atoms with Crippen molar-refractivity contribution in [1.29, 1.82) is 0 Å². The van der Waals surface area contributed by atoms with Gasteiger partial charge in [-0.25, -0.2) is 9.97 Å². The zero-order valence-corrected chi connectivity index (χ0v) is 6.70. The maximum Gasteiger partial charge on any atom is 0.177 e. The van der Waals surface area contributed by atoms with Crippen molar-refractivity contribution < 1.29 is 0 Å². The third kappa shape index (κ3) is 1.55. The summed E-state index contributed by atoms with van der Waals surface area (Å²) in [5.74, 6) is 0. The highest BCUT2D eigenvalue weighted by atomic mass is 14.9. The number of nitrogens with zero attached hydrogens (tertiary/aromatic N) is 2. The fourth-order valence-electron chi connectivity index (χ4n) is 0.775. The van der Waals surface area contributed by atoms with Crippen LogP contribution < -0.4 is 0 Å². The summed E-state index contributed by atoms with van der Waals surface area (Å²) in [6.07, 6.45) is 3.36. The predicted octanol–water partition coefficient (Wildman–Crippen LogP) is 1.98. The highest BCUT2D eigenvalue weighted by molar-refractivity contribution is 5.68. The molecule has 0 spiro atoms. The SMILES string of the molecule is CC.c1cnc2nc[nH]c2c1. The van der Waals surface area contributed by atoms with Gasteiger partial charge in [-0.1, -0.05) is 13.8 Å². The van der Waals surface area contributed by atoms with Crippen molar-refractivity contribution in [3.8, 4) is 0 Å². The van der Waals surface area contributed by atoms with Crippen molar-refractivity contribution in [1.82, 2.24) is 15.0 Å². The average molecular weight is 149 g/mol. The van der Waals surface area contributed by atoms with E-state index in [2.05, 4.69) is 15.0 Å². The summed E-state index contributed by atoms with van der Waals surface area (Å²) in [7, 11) is 0. The van der Waals surface area contributed by atoms with E-state index in [0.717, 1.165) is 11.2 Å². The molecule has 0 aromatic carbocycles. The first kappa shape index (κ1) is 7.72. The molecule has 0 amide bonds. The highest BCUT2D eigenvalue weighted by Gasteiger charge is 1.90. The molecule has 3 heteroatoms. The summed E-state index contributed by atoms with van der Waals surface area (Å²) in [4.78, 5) is 10.9. The first-order valence-electron chi connectivity index (χ1n) is 3.71. The van der Waals surface area contributed by atoms with Gasteiger partial charge in [-0.15, -0.1) is 0 Å². The van der Waals surface area contributed by atoms with Gasteiger partial charge in [0.15, 0.2) is 5.65 Å². The Bertz CT molecular complexity index is 283. The van der Waals surface area contributed by atoms with Gasteiger partial charge in [-0.3, -0.25) is 0 Å². The van der Waals surface area contributed by atoms with Gasteiger partial charge in [0.25, 0.3) is 0 Å². The van der Waals surface area contributed by atoms with Gasteiger partial charge in [-0.2, -0.15) is 0 Å². The minimum absolute atomic E-state index is 0.775. The molecule has 2 heterocycles. The Hall–Kier alpha value is -1.38. The van der Waals surface area contributed by atoms with E-state index >= 15 is 0 Å². The third-order valence-electron chi connectivity index (χ3n) is 1.19. The molecule has 0 aliphatic carbocycles. The molecular formula is C8H11N3. The molecule has 0 saturated carbocycles. The second-order valence-electron chi connectivity index (χ2n) is 1.78. The molecular weight excluding hydrogens is 138 g/mol. The van der Waals surface area contributed by atoms with Gasteiger partial charge in [0, 0.05) is 6.20 Å². The van der Waals surface area contributed by atoms with Crippen LogP contribution in [0.15, 0.2) is 24.7 Å². The molecule has 58 valence electrons. The molecule has 3 nitrogen and oxygen atoms in total. The van der Waals surface area contributed by atoms with E-state index in [4.69, 9.17) is 0 Å². The lowest BCUT2D eigenvalue weighted by atomic mass is 10.4. The Morgan fingerprint density at radius 2 is 2.09 bits per heavy atom. The van der Waals surface area contributed by atoms with Crippen LogP contribution in [-0.2, 0) is 0 Å². The molecule has 0 unspecified atom stereocenters. The number of nitrogens with one attached hydrogen (secondary N) is 1. The van der Waals surface area contributed by atoms with Crippen LogP contribution in [0.3, 0.4) is 0 Å². The molecule has 0 aliphatic rings. The molecule has 0 aliphatic heterocycles. The fourth-order valence-corrected chi connectivity index (χ4v) is 0.775. The molecule has 0 saturated heterocycles. The number of fused-ring (bicyclic) bond motifs is 1.